The second-order valence-corrected chi connectivity index (χ2v) is 7.20. The van der Waals surface area contributed by atoms with Crippen molar-refractivity contribution < 1.29 is 4.74 Å². The van der Waals surface area contributed by atoms with E-state index in [1.54, 1.807) is 11.3 Å². The van der Waals surface area contributed by atoms with Crippen molar-refractivity contribution in [2.24, 2.45) is 10.9 Å². The van der Waals surface area contributed by atoms with Gasteiger partial charge in [0.1, 0.15) is 0 Å². The van der Waals surface area contributed by atoms with Crippen LogP contribution in [0.15, 0.2) is 4.99 Å². The van der Waals surface area contributed by atoms with Crippen molar-refractivity contribution >= 4 is 41.3 Å². The molecule has 0 atom stereocenters. The second kappa shape index (κ2) is 10.5. The minimum absolute atomic E-state index is 0. The number of hydrogen-bond donors (Lipinski definition) is 1. The van der Waals surface area contributed by atoms with E-state index in [0.717, 1.165) is 48.9 Å². The number of halogens is 1. The van der Waals surface area contributed by atoms with Crippen LogP contribution >= 0.6 is 35.3 Å². The minimum atomic E-state index is 0. The Bertz CT molecular complexity index is 500. The molecule has 1 aromatic rings. The van der Waals surface area contributed by atoms with Crippen LogP contribution in [0.1, 0.15) is 34.8 Å². The fourth-order valence-electron chi connectivity index (χ4n) is 2.80. The SMILES string of the molecule is CN=C(NCc1sc(C)nc1C)N(C)CCC1CCOCC1.I. The van der Waals surface area contributed by atoms with Crippen LogP contribution in [-0.2, 0) is 11.3 Å². The lowest BCUT2D eigenvalue weighted by Gasteiger charge is -2.26. The van der Waals surface area contributed by atoms with Crippen LogP contribution in [0.2, 0.25) is 0 Å². The summed E-state index contributed by atoms with van der Waals surface area (Å²) >= 11 is 1.75. The molecule has 5 nitrogen and oxygen atoms in total. The lowest BCUT2D eigenvalue weighted by molar-refractivity contribution is 0.0625. The quantitative estimate of drug-likeness (QED) is 0.424. The van der Waals surface area contributed by atoms with E-state index >= 15 is 0 Å². The topological polar surface area (TPSA) is 49.8 Å². The van der Waals surface area contributed by atoms with Crippen LogP contribution in [0.4, 0.5) is 0 Å². The molecule has 7 heteroatoms. The molecule has 0 amide bonds. The number of aromatic nitrogens is 1. The zero-order chi connectivity index (χ0) is 15.9. The summed E-state index contributed by atoms with van der Waals surface area (Å²) in [4.78, 5) is 12.4. The van der Waals surface area contributed by atoms with E-state index in [4.69, 9.17) is 4.74 Å². The Labute approximate surface area is 160 Å². The van der Waals surface area contributed by atoms with Gasteiger partial charge in [0.2, 0.25) is 0 Å². The van der Waals surface area contributed by atoms with Gasteiger partial charge < -0.3 is 15.0 Å². The first-order valence-corrected chi connectivity index (χ1v) is 8.84. The first-order chi connectivity index (χ1) is 10.6. The number of thiazole rings is 1. The zero-order valence-electron chi connectivity index (χ0n) is 14.6. The molecule has 0 spiro atoms. The van der Waals surface area contributed by atoms with Gasteiger partial charge in [-0.25, -0.2) is 4.98 Å². The van der Waals surface area contributed by atoms with Crippen molar-refractivity contribution in [1.82, 2.24) is 15.2 Å². The number of aryl methyl sites for hydroxylation is 2. The van der Waals surface area contributed by atoms with Crippen molar-refractivity contribution in [3.63, 3.8) is 0 Å². The molecule has 2 heterocycles. The van der Waals surface area contributed by atoms with Gasteiger partial charge in [-0.05, 0) is 39.0 Å². The first kappa shape index (κ1) is 20.6. The Morgan fingerprint density at radius 3 is 2.65 bits per heavy atom. The molecule has 1 aliphatic heterocycles. The summed E-state index contributed by atoms with van der Waals surface area (Å²) < 4.78 is 5.42. The molecule has 1 saturated heterocycles. The van der Waals surface area contributed by atoms with Gasteiger partial charge in [0.15, 0.2) is 5.96 Å². The van der Waals surface area contributed by atoms with Crippen LogP contribution in [0.3, 0.4) is 0 Å². The molecule has 1 aliphatic rings. The average molecular weight is 452 g/mol. The molecule has 0 saturated carbocycles. The highest BCUT2D eigenvalue weighted by Crippen LogP contribution is 2.19. The van der Waals surface area contributed by atoms with Crippen LogP contribution < -0.4 is 5.32 Å². The van der Waals surface area contributed by atoms with Crippen LogP contribution in [0.25, 0.3) is 0 Å². The largest absolute Gasteiger partial charge is 0.381 e. The third-order valence-corrected chi connectivity index (χ3v) is 5.27. The molecule has 0 unspecified atom stereocenters. The second-order valence-electron chi connectivity index (χ2n) is 5.91. The molecule has 132 valence electrons. The van der Waals surface area contributed by atoms with Gasteiger partial charge in [0.05, 0.1) is 17.2 Å². The molecule has 0 bridgehead atoms. The van der Waals surface area contributed by atoms with Crippen molar-refractivity contribution in [1.29, 1.82) is 0 Å². The summed E-state index contributed by atoms with van der Waals surface area (Å²) in [6.45, 7) is 7.79. The maximum atomic E-state index is 5.42. The number of ether oxygens (including phenoxy) is 1. The molecule has 0 radical (unpaired) electrons. The smallest absolute Gasteiger partial charge is 0.193 e. The van der Waals surface area contributed by atoms with Crippen molar-refractivity contribution in [3.05, 3.63) is 15.6 Å². The zero-order valence-corrected chi connectivity index (χ0v) is 17.7. The summed E-state index contributed by atoms with van der Waals surface area (Å²) in [7, 11) is 3.96. The monoisotopic (exact) mass is 452 g/mol. The van der Waals surface area contributed by atoms with Crippen LogP contribution in [0, 0.1) is 19.8 Å². The van der Waals surface area contributed by atoms with E-state index in [0.29, 0.717) is 0 Å². The first-order valence-electron chi connectivity index (χ1n) is 8.02. The molecule has 2 rings (SSSR count). The number of aliphatic imine (C=N–C) groups is 1. The molecular weight excluding hydrogens is 423 g/mol. The lowest BCUT2D eigenvalue weighted by atomic mass is 9.96. The summed E-state index contributed by atoms with van der Waals surface area (Å²) in [6, 6.07) is 0. The van der Waals surface area contributed by atoms with Gasteiger partial charge in [-0.1, -0.05) is 0 Å². The Morgan fingerprint density at radius 2 is 2.09 bits per heavy atom. The molecule has 1 fully saturated rings. The Kier molecular flexibility index (Phi) is 9.38. The number of nitrogens with one attached hydrogen (secondary N) is 1. The molecule has 0 aromatic carbocycles. The van der Waals surface area contributed by atoms with Gasteiger partial charge in [-0.3, -0.25) is 4.99 Å². The molecule has 0 aliphatic carbocycles. The molecule has 1 N–H and O–H groups in total. The Hall–Kier alpha value is -0.410. The normalized spacial score (nSPS) is 16.1. The summed E-state index contributed by atoms with van der Waals surface area (Å²) in [5, 5.41) is 4.57. The van der Waals surface area contributed by atoms with Crippen LogP contribution in [-0.4, -0.2) is 49.7 Å². The van der Waals surface area contributed by atoms with Gasteiger partial charge in [-0.15, -0.1) is 35.3 Å². The van der Waals surface area contributed by atoms with Gasteiger partial charge in [0, 0.05) is 38.7 Å². The molecular formula is C16H29IN4OS. The van der Waals surface area contributed by atoms with E-state index in [1.165, 1.54) is 24.1 Å². The predicted molar refractivity (Wildman–Crippen MR) is 108 cm³/mol. The summed E-state index contributed by atoms with van der Waals surface area (Å²) in [5.74, 6) is 1.75. The predicted octanol–water partition coefficient (Wildman–Crippen LogP) is 3.20. The van der Waals surface area contributed by atoms with Crippen molar-refractivity contribution in [2.75, 3.05) is 33.9 Å². The van der Waals surface area contributed by atoms with E-state index in [-0.39, 0.29) is 24.0 Å². The number of nitrogens with zero attached hydrogens (tertiary/aromatic N) is 3. The van der Waals surface area contributed by atoms with Crippen molar-refractivity contribution in [3.8, 4) is 0 Å². The maximum absolute atomic E-state index is 5.42. The highest BCUT2D eigenvalue weighted by molar-refractivity contribution is 14.0. The van der Waals surface area contributed by atoms with E-state index in [9.17, 15) is 0 Å². The van der Waals surface area contributed by atoms with Crippen LogP contribution in [0.5, 0.6) is 0 Å². The third kappa shape index (κ3) is 6.54. The molecule has 1 aromatic heterocycles. The third-order valence-electron chi connectivity index (χ3n) is 4.19. The maximum Gasteiger partial charge on any atom is 0.193 e. The Morgan fingerprint density at radius 1 is 1.39 bits per heavy atom. The number of hydrogen-bond acceptors (Lipinski definition) is 4. The fraction of sp³-hybridized carbons (Fsp3) is 0.750. The highest BCUT2D eigenvalue weighted by Gasteiger charge is 2.15. The highest BCUT2D eigenvalue weighted by atomic mass is 127. The average Bonchev–Trinajstić information content (AvgIpc) is 2.84. The van der Waals surface area contributed by atoms with Crippen molar-refractivity contribution in [2.45, 2.75) is 39.7 Å². The number of guanidine groups is 1. The van der Waals surface area contributed by atoms with Gasteiger partial charge in [0.25, 0.3) is 0 Å². The van der Waals surface area contributed by atoms with E-state index < -0.39 is 0 Å². The summed E-state index contributed by atoms with van der Waals surface area (Å²) in [6.07, 6.45) is 3.59. The minimum Gasteiger partial charge on any atom is -0.381 e. The van der Waals surface area contributed by atoms with E-state index in [2.05, 4.69) is 41.1 Å². The fourth-order valence-corrected chi connectivity index (χ4v) is 3.68. The summed E-state index contributed by atoms with van der Waals surface area (Å²) in [5.41, 5.74) is 1.12. The van der Waals surface area contributed by atoms with Gasteiger partial charge >= 0.3 is 0 Å². The molecule has 23 heavy (non-hydrogen) atoms. The Balaban J connectivity index is 0.00000264. The standard InChI is InChI=1S/C16H28N4OS.HI/c1-12-15(22-13(2)19-12)11-18-16(17-3)20(4)8-5-14-6-9-21-10-7-14;/h14H,5-11H2,1-4H3,(H,17,18);1H. The number of rotatable bonds is 5. The van der Waals surface area contributed by atoms with E-state index in [1.807, 2.05) is 7.05 Å². The van der Waals surface area contributed by atoms with Gasteiger partial charge in [-0.2, -0.15) is 0 Å². The lowest BCUT2D eigenvalue weighted by Crippen LogP contribution is -2.39.